The van der Waals surface area contributed by atoms with Gasteiger partial charge in [0.15, 0.2) is 0 Å². The Morgan fingerprint density at radius 1 is 0.846 bits per heavy atom. The number of anilines is 1. The minimum absolute atomic E-state index is 0.310. The number of benzene rings is 3. The van der Waals surface area contributed by atoms with E-state index < -0.39 is 11.7 Å². The molecule has 0 spiro atoms. The molecule has 5 heteroatoms. The number of hydrogen-bond acceptors (Lipinski definition) is 1. The molecule has 0 bridgehead atoms. The predicted octanol–water partition coefficient (Wildman–Crippen LogP) is 5.93. The second-order valence-corrected chi connectivity index (χ2v) is 5.89. The Bertz CT molecular complexity index is 916. The number of alkyl halides is 3. The van der Waals surface area contributed by atoms with E-state index in [-0.39, 0.29) is 5.91 Å². The maximum Gasteiger partial charge on any atom is 0.416 e. The molecule has 26 heavy (non-hydrogen) atoms. The van der Waals surface area contributed by atoms with Crippen molar-refractivity contribution in [1.29, 1.82) is 0 Å². The van der Waals surface area contributed by atoms with Crippen LogP contribution < -0.4 is 5.32 Å². The fraction of sp³-hybridized carbons (Fsp3) is 0.0952. The Hall–Kier alpha value is -3.08. The second-order valence-electron chi connectivity index (χ2n) is 5.89. The molecule has 0 saturated carbocycles. The predicted molar refractivity (Wildman–Crippen MR) is 96.0 cm³/mol. The lowest BCUT2D eigenvalue weighted by Gasteiger charge is -2.14. The quantitative estimate of drug-likeness (QED) is 0.619. The fourth-order valence-electron chi connectivity index (χ4n) is 2.76. The average Bonchev–Trinajstić information content (AvgIpc) is 2.62. The van der Waals surface area contributed by atoms with Gasteiger partial charge in [0.2, 0.25) is 0 Å². The zero-order chi connectivity index (χ0) is 18.7. The summed E-state index contributed by atoms with van der Waals surface area (Å²) in [5, 5.41) is 2.68. The molecule has 0 atom stereocenters. The molecule has 3 aromatic rings. The van der Waals surface area contributed by atoms with Gasteiger partial charge in [-0.1, -0.05) is 48.5 Å². The van der Waals surface area contributed by atoms with Gasteiger partial charge in [0.05, 0.1) is 11.1 Å². The molecule has 0 saturated heterocycles. The van der Waals surface area contributed by atoms with E-state index in [0.29, 0.717) is 11.3 Å². The van der Waals surface area contributed by atoms with Crippen molar-refractivity contribution in [3.8, 4) is 11.1 Å². The fourth-order valence-corrected chi connectivity index (χ4v) is 2.76. The summed E-state index contributed by atoms with van der Waals surface area (Å²) in [5.74, 6) is -0.360. The van der Waals surface area contributed by atoms with Crippen LogP contribution in [0.2, 0.25) is 0 Å². The highest BCUT2D eigenvalue weighted by molar-refractivity contribution is 6.09. The van der Waals surface area contributed by atoms with E-state index in [2.05, 4.69) is 5.32 Å². The molecular weight excluding hydrogens is 339 g/mol. The van der Waals surface area contributed by atoms with Crippen LogP contribution in [0.4, 0.5) is 18.9 Å². The third-order valence-electron chi connectivity index (χ3n) is 4.05. The lowest BCUT2D eigenvalue weighted by molar-refractivity contribution is -0.137. The van der Waals surface area contributed by atoms with Crippen molar-refractivity contribution in [2.24, 2.45) is 0 Å². The lowest BCUT2D eigenvalue weighted by Crippen LogP contribution is -2.15. The van der Waals surface area contributed by atoms with E-state index in [1.54, 1.807) is 0 Å². The molecule has 0 heterocycles. The second kappa shape index (κ2) is 7.04. The minimum atomic E-state index is -4.40. The number of rotatable bonds is 3. The van der Waals surface area contributed by atoms with Crippen molar-refractivity contribution >= 4 is 11.6 Å². The molecule has 1 amide bonds. The van der Waals surface area contributed by atoms with E-state index in [1.165, 1.54) is 12.1 Å². The zero-order valence-corrected chi connectivity index (χ0v) is 14.0. The van der Waals surface area contributed by atoms with Crippen LogP contribution in [0.15, 0.2) is 72.8 Å². The van der Waals surface area contributed by atoms with Crippen LogP contribution >= 0.6 is 0 Å². The normalized spacial score (nSPS) is 11.2. The number of aryl methyl sites for hydroxylation is 1. The monoisotopic (exact) mass is 355 g/mol. The van der Waals surface area contributed by atoms with Gasteiger partial charge >= 0.3 is 6.18 Å². The minimum Gasteiger partial charge on any atom is -0.322 e. The Kier molecular flexibility index (Phi) is 4.80. The summed E-state index contributed by atoms with van der Waals surface area (Å²) in [7, 11) is 0. The molecule has 0 aliphatic heterocycles. The van der Waals surface area contributed by atoms with Crippen molar-refractivity contribution in [3.05, 3.63) is 89.5 Å². The lowest BCUT2D eigenvalue weighted by atomic mass is 9.95. The first-order chi connectivity index (χ1) is 12.4. The van der Waals surface area contributed by atoms with Gasteiger partial charge in [-0.25, -0.2) is 0 Å². The topological polar surface area (TPSA) is 29.1 Å². The zero-order valence-electron chi connectivity index (χ0n) is 14.0. The van der Waals surface area contributed by atoms with Crippen LogP contribution in [0.25, 0.3) is 11.1 Å². The standard InChI is InChI=1S/C21H16F3NO/c1-14-6-5-9-18(15-7-3-2-4-8-15)19(14)20(26)25-17-12-10-16(11-13-17)21(22,23)24/h2-13H,1H3,(H,25,26). The van der Waals surface area contributed by atoms with Crippen molar-refractivity contribution in [2.45, 2.75) is 13.1 Å². The van der Waals surface area contributed by atoms with Gasteiger partial charge in [0.1, 0.15) is 0 Å². The smallest absolute Gasteiger partial charge is 0.322 e. The molecule has 2 nitrogen and oxygen atoms in total. The highest BCUT2D eigenvalue weighted by Gasteiger charge is 2.30. The van der Waals surface area contributed by atoms with Crippen molar-refractivity contribution < 1.29 is 18.0 Å². The third-order valence-corrected chi connectivity index (χ3v) is 4.05. The summed E-state index contributed by atoms with van der Waals surface area (Å²) < 4.78 is 38.0. The third kappa shape index (κ3) is 3.77. The summed E-state index contributed by atoms with van der Waals surface area (Å²) in [4.78, 5) is 12.8. The van der Waals surface area contributed by atoms with E-state index in [9.17, 15) is 18.0 Å². The molecule has 3 rings (SSSR count). The summed E-state index contributed by atoms with van der Waals surface area (Å²) in [6.07, 6.45) is -4.40. The first kappa shape index (κ1) is 17.7. The molecule has 0 fully saturated rings. The number of halogens is 3. The molecule has 0 radical (unpaired) electrons. The molecular formula is C21H16F3NO. The molecule has 0 aliphatic carbocycles. The van der Waals surface area contributed by atoms with E-state index in [0.717, 1.165) is 28.8 Å². The first-order valence-corrected chi connectivity index (χ1v) is 8.00. The van der Waals surface area contributed by atoms with Gasteiger partial charge in [-0.2, -0.15) is 13.2 Å². The van der Waals surface area contributed by atoms with Crippen molar-refractivity contribution in [3.63, 3.8) is 0 Å². The molecule has 132 valence electrons. The first-order valence-electron chi connectivity index (χ1n) is 8.00. The average molecular weight is 355 g/mol. The number of carbonyl (C=O) groups is 1. The van der Waals surface area contributed by atoms with E-state index in [4.69, 9.17) is 0 Å². The number of nitrogens with one attached hydrogen (secondary N) is 1. The summed E-state index contributed by atoms with van der Waals surface area (Å²) >= 11 is 0. The number of carbonyl (C=O) groups excluding carboxylic acids is 1. The molecule has 0 aromatic heterocycles. The van der Waals surface area contributed by atoms with Crippen LogP contribution in [0, 0.1) is 6.92 Å². The molecule has 1 N–H and O–H groups in total. The van der Waals surface area contributed by atoms with Gasteiger partial charge in [-0.05, 0) is 47.9 Å². The number of amides is 1. The Morgan fingerprint density at radius 2 is 1.50 bits per heavy atom. The molecule has 0 unspecified atom stereocenters. The Balaban J connectivity index is 1.91. The SMILES string of the molecule is Cc1cccc(-c2ccccc2)c1C(=O)Nc1ccc(C(F)(F)F)cc1. The maximum atomic E-state index is 12.8. The van der Waals surface area contributed by atoms with Crippen LogP contribution in [0.3, 0.4) is 0 Å². The van der Waals surface area contributed by atoms with Gasteiger partial charge < -0.3 is 5.32 Å². The van der Waals surface area contributed by atoms with E-state index in [1.807, 2.05) is 55.5 Å². The van der Waals surface area contributed by atoms with Gasteiger partial charge in [-0.3, -0.25) is 4.79 Å². The molecule has 3 aromatic carbocycles. The van der Waals surface area contributed by atoms with Crippen LogP contribution in [-0.4, -0.2) is 5.91 Å². The van der Waals surface area contributed by atoms with Gasteiger partial charge in [-0.15, -0.1) is 0 Å². The highest BCUT2D eigenvalue weighted by atomic mass is 19.4. The number of hydrogen-bond donors (Lipinski definition) is 1. The van der Waals surface area contributed by atoms with Gasteiger partial charge in [0, 0.05) is 5.69 Å². The largest absolute Gasteiger partial charge is 0.416 e. The summed E-state index contributed by atoms with van der Waals surface area (Å²) in [6.45, 7) is 1.83. The van der Waals surface area contributed by atoms with Crippen molar-refractivity contribution in [1.82, 2.24) is 0 Å². The van der Waals surface area contributed by atoms with Gasteiger partial charge in [0.25, 0.3) is 5.91 Å². The van der Waals surface area contributed by atoms with Crippen LogP contribution in [-0.2, 0) is 6.18 Å². The van der Waals surface area contributed by atoms with E-state index >= 15 is 0 Å². The maximum absolute atomic E-state index is 12.8. The highest BCUT2D eigenvalue weighted by Crippen LogP contribution is 2.30. The van der Waals surface area contributed by atoms with Crippen LogP contribution in [0.5, 0.6) is 0 Å². The molecule has 0 aliphatic rings. The van der Waals surface area contributed by atoms with Crippen molar-refractivity contribution in [2.75, 3.05) is 5.32 Å². The summed E-state index contributed by atoms with van der Waals surface area (Å²) in [6, 6.07) is 19.4. The Labute approximate surface area is 149 Å². The Morgan fingerprint density at radius 3 is 2.12 bits per heavy atom. The summed E-state index contributed by atoms with van der Waals surface area (Å²) in [5.41, 5.74) is 2.51. The van der Waals surface area contributed by atoms with Crippen LogP contribution in [0.1, 0.15) is 21.5 Å².